The summed E-state index contributed by atoms with van der Waals surface area (Å²) in [6.07, 6.45) is 0.160. The summed E-state index contributed by atoms with van der Waals surface area (Å²) >= 11 is 0. The topological polar surface area (TPSA) is 159 Å². The number of rotatable bonds is 8. The number of sulfonamides is 1. The maximum Gasteiger partial charge on any atom is 0.335 e. The summed E-state index contributed by atoms with van der Waals surface area (Å²) in [6, 6.07) is 6.66. The minimum absolute atomic E-state index is 0.0581. The molecule has 0 aliphatic heterocycles. The Labute approximate surface area is 160 Å². The number of nitro benzene ring substituents is 1. The van der Waals surface area contributed by atoms with Crippen LogP contribution in [-0.4, -0.2) is 38.6 Å². The van der Waals surface area contributed by atoms with Crippen molar-refractivity contribution in [3.8, 4) is 11.5 Å². The average Bonchev–Trinajstić information content (AvgIpc) is 2.64. The number of carbonyl (C=O) groups is 1. The highest BCUT2D eigenvalue weighted by atomic mass is 32.2. The maximum absolute atomic E-state index is 11.9. The first kappa shape index (κ1) is 21.1. The van der Waals surface area contributed by atoms with Gasteiger partial charge in [0.15, 0.2) is 11.5 Å². The summed E-state index contributed by atoms with van der Waals surface area (Å²) in [5.41, 5.74) is -0.614. The van der Waals surface area contributed by atoms with Crippen LogP contribution in [0.5, 0.6) is 11.5 Å². The van der Waals surface area contributed by atoms with E-state index in [9.17, 15) is 23.3 Å². The molecule has 0 bridgehead atoms. The van der Waals surface area contributed by atoms with Crippen molar-refractivity contribution in [3.63, 3.8) is 0 Å². The zero-order chi connectivity index (χ0) is 21.1. The van der Waals surface area contributed by atoms with E-state index in [-0.39, 0.29) is 18.4 Å². The van der Waals surface area contributed by atoms with Gasteiger partial charge in [0.1, 0.15) is 0 Å². The average molecular weight is 410 g/mol. The van der Waals surface area contributed by atoms with Gasteiger partial charge in [-0.25, -0.2) is 18.4 Å². The van der Waals surface area contributed by atoms with Gasteiger partial charge in [-0.1, -0.05) is 6.07 Å². The lowest BCUT2D eigenvalue weighted by Gasteiger charge is -2.12. The van der Waals surface area contributed by atoms with Gasteiger partial charge in [-0.3, -0.25) is 10.1 Å². The fraction of sp³-hybridized carbons (Fsp3) is 0.235. The van der Waals surface area contributed by atoms with Gasteiger partial charge in [0.2, 0.25) is 10.0 Å². The van der Waals surface area contributed by atoms with Gasteiger partial charge in [-0.05, 0) is 36.6 Å². The van der Waals surface area contributed by atoms with E-state index in [0.29, 0.717) is 17.1 Å². The summed E-state index contributed by atoms with van der Waals surface area (Å²) < 4.78 is 34.2. The van der Waals surface area contributed by atoms with E-state index in [0.717, 1.165) is 12.1 Å². The van der Waals surface area contributed by atoms with Crippen LogP contribution < -0.4 is 14.6 Å². The summed E-state index contributed by atoms with van der Waals surface area (Å²) in [5.74, 6) is -0.560. The molecule has 28 heavy (non-hydrogen) atoms. The van der Waals surface area contributed by atoms with Crippen molar-refractivity contribution in [3.05, 3.63) is 57.1 Å². The first-order valence-corrected chi connectivity index (χ1v) is 9.41. The predicted octanol–water partition coefficient (Wildman–Crippen LogP) is 1.74. The summed E-state index contributed by atoms with van der Waals surface area (Å²) in [4.78, 5) is 21.2. The van der Waals surface area contributed by atoms with Gasteiger partial charge in [0.05, 0.1) is 35.2 Å². The molecule has 11 heteroatoms. The first-order valence-electron chi connectivity index (χ1n) is 7.86. The number of carboxylic acids is 1. The molecular formula is C17H18N2O8S. The number of aromatic carboxylic acids is 1. The Hall–Kier alpha value is -3.18. The molecule has 2 rings (SSSR count). The zero-order valence-corrected chi connectivity index (χ0v) is 15.9. The summed E-state index contributed by atoms with van der Waals surface area (Å²) in [6.45, 7) is 0. The monoisotopic (exact) mass is 410 g/mol. The molecule has 0 aromatic heterocycles. The van der Waals surface area contributed by atoms with Gasteiger partial charge in [-0.15, -0.1) is 0 Å². The van der Waals surface area contributed by atoms with Crippen molar-refractivity contribution in [1.82, 2.24) is 0 Å². The van der Waals surface area contributed by atoms with Crippen LogP contribution in [0.3, 0.4) is 0 Å². The Balaban J connectivity index is 2.52. The summed E-state index contributed by atoms with van der Waals surface area (Å²) in [7, 11) is -1.46. The van der Waals surface area contributed by atoms with Crippen molar-refractivity contribution in [2.75, 3.05) is 14.2 Å². The Bertz CT molecular complexity index is 1030. The van der Waals surface area contributed by atoms with Gasteiger partial charge in [-0.2, -0.15) is 0 Å². The van der Waals surface area contributed by atoms with E-state index in [2.05, 4.69) is 0 Å². The molecule has 0 fully saturated rings. The van der Waals surface area contributed by atoms with Crippen LogP contribution in [0.15, 0.2) is 35.2 Å². The number of nitro groups is 1. The molecule has 0 amide bonds. The number of nitrogens with two attached hydrogens (primary N) is 1. The smallest absolute Gasteiger partial charge is 0.335 e. The molecule has 0 aliphatic rings. The molecule has 0 atom stereocenters. The number of aryl methyl sites for hydroxylation is 1. The van der Waals surface area contributed by atoms with Crippen LogP contribution in [0.1, 0.15) is 21.5 Å². The predicted molar refractivity (Wildman–Crippen MR) is 98.4 cm³/mol. The molecule has 2 aromatic carbocycles. The second-order valence-electron chi connectivity index (χ2n) is 5.77. The Morgan fingerprint density at radius 1 is 1.14 bits per heavy atom. The zero-order valence-electron chi connectivity index (χ0n) is 15.0. The second kappa shape index (κ2) is 8.23. The number of nitrogens with zero attached hydrogens (tertiary/aromatic N) is 1. The van der Waals surface area contributed by atoms with Crippen molar-refractivity contribution in [1.29, 1.82) is 0 Å². The third-order valence-electron chi connectivity index (χ3n) is 4.05. The van der Waals surface area contributed by atoms with Crippen LogP contribution >= 0.6 is 0 Å². The minimum Gasteiger partial charge on any atom is -0.493 e. The van der Waals surface area contributed by atoms with E-state index >= 15 is 0 Å². The van der Waals surface area contributed by atoms with Crippen LogP contribution in [0.4, 0.5) is 5.69 Å². The molecule has 0 radical (unpaired) electrons. The number of primary sulfonamides is 1. The maximum atomic E-state index is 11.9. The lowest BCUT2D eigenvalue weighted by atomic mass is 10.0. The fourth-order valence-electron chi connectivity index (χ4n) is 2.73. The van der Waals surface area contributed by atoms with E-state index in [4.69, 9.17) is 19.7 Å². The quantitative estimate of drug-likeness (QED) is 0.492. The van der Waals surface area contributed by atoms with Crippen molar-refractivity contribution >= 4 is 21.7 Å². The highest BCUT2D eigenvalue weighted by molar-refractivity contribution is 7.89. The highest BCUT2D eigenvalue weighted by Crippen LogP contribution is 2.31. The number of hydrogen-bond acceptors (Lipinski definition) is 7. The number of methoxy groups -OCH3 is 2. The molecule has 150 valence electrons. The lowest BCUT2D eigenvalue weighted by Crippen LogP contribution is -2.17. The van der Waals surface area contributed by atoms with Crippen LogP contribution in [0.2, 0.25) is 0 Å². The van der Waals surface area contributed by atoms with Gasteiger partial charge < -0.3 is 14.6 Å². The van der Waals surface area contributed by atoms with Crippen molar-refractivity contribution < 1.29 is 32.7 Å². The highest BCUT2D eigenvalue weighted by Gasteiger charge is 2.27. The Kier molecular flexibility index (Phi) is 6.21. The molecule has 2 aromatic rings. The van der Waals surface area contributed by atoms with Crippen LogP contribution in [-0.2, 0) is 22.9 Å². The third-order valence-corrected chi connectivity index (χ3v) is 5.02. The standard InChI is InChI=1S/C17H18N2O8S/c1-26-14-6-4-10(7-15(14)27-2)3-5-12-13(19(22)23)8-11(17(20)21)9-16(12)28(18,24)25/h4,6-9H,3,5H2,1-2H3,(H,20,21)(H2,18,24,25). The van der Waals surface area contributed by atoms with Crippen molar-refractivity contribution in [2.24, 2.45) is 5.14 Å². The van der Waals surface area contributed by atoms with E-state index in [1.807, 2.05) is 0 Å². The van der Waals surface area contributed by atoms with Gasteiger partial charge in [0.25, 0.3) is 5.69 Å². The third kappa shape index (κ3) is 4.56. The van der Waals surface area contributed by atoms with Gasteiger partial charge >= 0.3 is 5.97 Å². The molecule has 0 saturated carbocycles. The minimum atomic E-state index is -4.39. The van der Waals surface area contributed by atoms with Crippen molar-refractivity contribution in [2.45, 2.75) is 17.7 Å². The second-order valence-corrected chi connectivity index (χ2v) is 7.30. The molecule has 3 N–H and O–H groups in total. The van der Waals surface area contributed by atoms with Crippen LogP contribution in [0.25, 0.3) is 0 Å². The molecule has 0 unspecified atom stereocenters. The first-order chi connectivity index (χ1) is 13.1. The van der Waals surface area contributed by atoms with E-state index in [1.165, 1.54) is 14.2 Å². The summed E-state index contributed by atoms with van der Waals surface area (Å²) in [5, 5.41) is 25.7. The number of benzene rings is 2. The fourth-order valence-corrected chi connectivity index (χ4v) is 3.57. The Morgan fingerprint density at radius 2 is 1.79 bits per heavy atom. The largest absolute Gasteiger partial charge is 0.493 e. The molecule has 0 heterocycles. The lowest BCUT2D eigenvalue weighted by molar-refractivity contribution is -0.385. The van der Waals surface area contributed by atoms with Crippen LogP contribution in [0, 0.1) is 10.1 Å². The number of hydrogen-bond donors (Lipinski definition) is 2. The molecule has 10 nitrogen and oxygen atoms in total. The normalized spacial score (nSPS) is 11.1. The number of ether oxygens (including phenoxy) is 2. The molecule has 0 aliphatic carbocycles. The SMILES string of the molecule is COc1ccc(CCc2c([N+](=O)[O-])cc(C(=O)O)cc2S(N)(=O)=O)cc1OC. The van der Waals surface area contributed by atoms with E-state index in [1.54, 1.807) is 18.2 Å². The van der Waals surface area contributed by atoms with Gasteiger partial charge in [0, 0.05) is 6.07 Å². The molecule has 0 spiro atoms. The van der Waals surface area contributed by atoms with E-state index < -0.39 is 37.1 Å². The number of carboxylic acid groups (broad SMARTS) is 1. The Morgan fingerprint density at radius 3 is 2.29 bits per heavy atom. The molecule has 0 saturated heterocycles. The molecular weight excluding hydrogens is 392 g/mol.